The van der Waals surface area contributed by atoms with Crippen LogP contribution >= 0.6 is 0 Å². The molecule has 0 saturated carbocycles. The minimum atomic E-state index is -0.466. The Balaban J connectivity index is 1.07. The summed E-state index contributed by atoms with van der Waals surface area (Å²) in [6.07, 6.45) is 0. The highest BCUT2D eigenvalue weighted by molar-refractivity contribution is 6.25. The molecule has 0 saturated heterocycles. The Morgan fingerprint density at radius 2 is 0.772 bits per heavy atom. The first-order valence-corrected chi connectivity index (χ1v) is 19.8. The van der Waals surface area contributed by atoms with Gasteiger partial charge >= 0.3 is 0 Å². The molecule has 1 aliphatic rings. The van der Waals surface area contributed by atoms with Gasteiger partial charge in [0.1, 0.15) is 0 Å². The van der Waals surface area contributed by atoms with Crippen LogP contribution in [-0.2, 0) is 5.41 Å². The van der Waals surface area contributed by atoms with Gasteiger partial charge in [0.2, 0.25) is 0 Å². The summed E-state index contributed by atoms with van der Waals surface area (Å²) in [4.78, 5) is 5.41. The number of rotatable bonds is 4. The Morgan fingerprint density at radius 1 is 0.281 bits per heavy atom. The average molecular weight is 722 g/mol. The van der Waals surface area contributed by atoms with E-state index in [0.717, 1.165) is 27.5 Å². The van der Waals surface area contributed by atoms with Gasteiger partial charge in [0.05, 0.1) is 16.6 Å². The summed E-state index contributed by atoms with van der Waals surface area (Å²) in [5.74, 6) is 0. The predicted octanol–water partition coefficient (Wildman–Crippen LogP) is 14.5. The van der Waals surface area contributed by atoms with Crippen LogP contribution in [0.3, 0.4) is 0 Å². The Bertz CT molecular complexity index is 3310. The van der Waals surface area contributed by atoms with Crippen molar-refractivity contribution in [2.75, 3.05) is 0 Å². The fourth-order valence-corrected chi connectivity index (χ4v) is 10.0. The summed E-state index contributed by atoms with van der Waals surface area (Å²) in [7, 11) is 0. The zero-order valence-corrected chi connectivity index (χ0v) is 31.2. The summed E-state index contributed by atoms with van der Waals surface area (Å²) in [5, 5.41) is 11.3. The van der Waals surface area contributed by atoms with Crippen molar-refractivity contribution < 1.29 is 0 Å². The predicted molar refractivity (Wildman–Crippen MR) is 240 cm³/mol. The van der Waals surface area contributed by atoms with Gasteiger partial charge in [0.15, 0.2) is 0 Å². The van der Waals surface area contributed by atoms with E-state index in [2.05, 4.69) is 212 Å². The number of hydrogen-bond donors (Lipinski definition) is 0. The van der Waals surface area contributed by atoms with E-state index < -0.39 is 5.41 Å². The summed E-state index contributed by atoms with van der Waals surface area (Å²) >= 11 is 0. The molecule has 0 bridgehead atoms. The first-order valence-electron chi connectivity index (χ1n) is 19.8. The maximum Gasteiger partial charge on any atom is 0.0788 e. The van der Waals surface area contributed by atoms with Crippen LogP contribution in [0.4, 0.5) is 0 Å². The lowest BCUT2D eigenvalue weighted by molar-refractivity contribution is 0.769. The lowest BCUT2D eigenvalue weighted by Crippen LogP contribution is -2.28. The summed E-state index contributed by atoms with van der Waals surface area (Å²) in [6, 6.07) is 78.2. The molecule has 0 N–H and O–H groups in total. The summed E-state index contributed by atoms with van der Waals surface area (Å²) in [6.45, 7) is 0. The second-order valence-corrected chi connectivity index (χ2v) is 15.4. The van der Waals surface area contributed by atoms with Gasteiger partial charge in [-0.25, -0.2) is 4.98 Å². The third-order valence-corrected chi connectivity index (χ3v) is 12.5. The van der Waals surface area contributed by atoms with Crippen LogP contribution in [0.15, 0.2) is 212 Å². The Labute approximate surface area is 331 Å². The summed E-state index contributed by atoms with van der Waals surface area (Å²) in [5.41, 5.74) is 12.7. The summed E-state index contributed by atoms with van der Waals surface area (Å²) < 4.78 is 0. The molecule has 1 heterocycles. The van der Waals surface area contributed by atoms with Crippen molar-refractivity contribution in [2.24, 2.45) is 0 Å². The SMILES string of the molecule is c1ccc(C2(c3ccccc3)c3ccccc3-c3cc4c(-c5ccc(-c6ccc7c8ccccc8c8ccccc8c7c6)cc5)nc5ccccc5c4cc32)cc1. The highest BCUT2D eigenvalue weighted by Crippen LogP contribution is 2.57. The smallest absolute Gasteiger partial charge is 0.0788 e. The number of aromatic nitrogens is 1. The minimum Gasteiger partial charge on any atom is -0.247 e. The molecule has 1 nitrogen and oxygen atoms in total. The number of para-hydroxylation sites is 1. The van der Waals surface area contributed by atoms with E-state index >= 15 is 0 Å². The molecule has 0 atom stereocenters. The fourth-order valence-electron chi connectivity index (χ4n) is 10.0. The van der Waals surface area contributed by atoms with Crippen molar-refractivity contribution in [3.8, 4) is 33.5 Å². The molecule has 0 aliphatic heterocycles. The van der Waals surface area contributed by atoms with Gasteiger partial charge in [0.25, 0.3) is 0 Å². The van der Waals surface area contributed by atoms with E-state index in [0.29, 0.717) is 0 Å². The number of benzene rings is 10. The van der Waals surface area contributed by atoms with Gasteiger partial charge in [-0.05, 0) is 106 Å². The van der Waals surface area contributed by atoms with Gasteiger partial charge in [-0.3, -0.25) is 0 Å². The minimum absolute atomic E-state index is 0.466. The molecule has 57 heavy (non-hydrogen) atoms. The van der Waals surface area contributed by atoms with E-state index in [-0.39, 0.29) is 0 Å². The molecule has 0 radical (unpaired) electrons. The zero-order chi connectivity index (χ0) is 37.5. The highest BCUT2D eigenvalue weighted by atomic mass is 14.7. The molecule has 0 spiro atoms. The third kappa shape index (κ3) is 4.60. The number of nitrogens with zero attached hydrogens (tertiary/aromatic N) is 1. The second kappa shape index (κ2) is 12.3. The quantitative estimate of drug-likeness (QED) is 0.165. The van der Waals surface area contributed by atoms with Crippen molar-refractivity contribution in [1.29, 1.82) is 0 Å². The van der Waals surface area contributed by atoms with Gasteiger partial charge in [-0.15, -0.1) is 0 Å². The van der Waals surface area contributed by atoms with Crippen LogP contribution in [0.5, 0.6) is 0 Å². The zero-order valence-electron chi connectivity index (χ0n) is 31.2. The van der Waals surface area contributed by atoms with Crippen LogP contribution in [0.1, 0.15) is 22.3 Å². The largest absolute Gasteiger partial charge is 0.247 e. The number of fused-ring (bicyclic) bond motifs is 12. The Hall–Kier alpha value is -7.35. The molecule has 0 amide bonds. The molecule has 10 aromatic carbocycles. The molecular weight excluding hydrogens is 687 g/mol. The number of pyridine rings is 1. The molecule has 0 unspecified atom stereocenters. The Morgan fingerprint density at radius 3 is 1.44 bits per heavy atom. The molecule has 12 rings (SSSR count). The van der Waals surface area contributed by atoms with E-state index in [1.807, 2.05) is 0 Å². The molecule has 1 heteroatoms. The monoisotopic (exact) mass is 721 g/mol. The fraction of sp³-hybridized carbons (Fsp3) is 0.0179. The topological polar surface area (TPSA) is 12.9 Å². The van der Waals surface area contributed by atoms with E-state index in [1.165, 1.54) is 82.2 Å². The van der Waals surface area contributed by atoms with Crippen molar-refractivity contribution in [1.82, 2.24) is 4.98 Å². The maximum absolute atomic E-state index is 5.41. The van der Waals surface area contributed by atoms with Gasteiger partial charge in [-0.1, -0.05) is 188 Å². The van der Waals surface area contributed by atoms with Crippen molar-refractivity contribution in [3.05, 3.63) is 235 Å². The van der Waals surface area contributed by atoms with Crippen molar-refractivity contribution in [2.45, 2.75) is 5.41 Å². The van der Waals surface area contributed by atoms with Crippen LogP contribution in [0.2, 0.25) is 0 Å². The van der Waals surface area contributed by atoms with Gasteiger partial charge in [-0.2, -0.15) is 0 Å². The first kappa shape index (κ1) is 31.9. The van der Waals surface area contributed by atoms with Crippen LogP contribution in [-0.4, -0.2) is 4.98 Å². The number of hydrogen-bond acceptors (Lipinski definition) is 1. The lowest BCUT2D eigenvalue weighted by Gasteiger charge is -2.34. The van der Waals surface area contributed by atoms with E-state index in [9.17, 15) is 0 Å². The van der Waals surface area contributed by atoms with E-state index in [1.54, 1.807) is 0 Å². The molecule has 11 aromatic rings. The van der Waals surface area contributed by atoms with Gasteiger partial charge < -0.3 is 0 Å². The Kier molecular flexibility index (Phi) is 6.91. The molecule has 0 fully saturated rings. The maximum atomic E-state index is 5.41. The third-order valence-electron chi connectivity index (χ3n) is 12.5. The van der Waals surface area contributed by atoms with E-state index in [4.69, 9.17) is 4.98 Å². The molecule has 1 aliphatic carbocycles. The second-order valence-electron chi connectivity index (χ2n) is 15.4. The van der Waals surface area contributed by atoms with Crippen LogP contribution in [0, 0.1) is 0 Å². The normalized spacial score (nSPS) is 13.1. The van der Waals surface area contributed by atoms with Gasteiger partial charge in [0, 0.05) is 16.3 Å². The molecule has 1 aromatic heterocycles. The lowest BCUT2D eigenvalue weighted by atomic mass is 9.67. The average Bonchev–Trinajstić information content (AvgIpc) is 3.58. The standard InChI is InChI=1S/C56H35N/c1-3-15-39(16-4-1)56(40-17-5-2-6-18-40)52-25-13-11-23-46(52)50-34-51-49(35-53(50)56)47-24-12-14-26-54(47)57-55(51)37-29-27-36(28-30-37)38-31-32-45-43-21-8-7-19-41(43)42-20-9-10-22-44(42)48(45)33-38/h1-35H. The van der Waals surface area contributed by atoms with Crippen LogP contribution in [0.25, 0.3) is 87.5 Å². The van der Waals surface area contributed by atoms with Crippen molar-refractivity contribution in [3.63, 3.8) is 0 Å². The molecular formula is C56H35N. The van der Waals surface area contributed by atoms with Crippen molar-refractivity contribution >= 4 is 54.0 Å². The molecule has 264 valence electrons. The highest BCUT2D eigenvalue weighted by Gasteiger charge is 2.46. The van der Waals surface area contributed by atoms with Crippen LogP contribution < -0.4 is 0 Å². The first-order chi connectivity index (χ1) is 28.3.